The Morgan fingerprint density at radius 2 is 1.78 bits per heavy atom. The van der Waals surface area contributed by atoms with Crippen LogP contribution in [0.1, 0.15) is 41.8 Å². The molecule has 142 valence electrons. The van der Waals surface area contributed by atoms with Crippen molar-refractivity contribution in [1.82, 2.24) is 10.6 Å². The Labute approximate surface area is 157 Å². The Morgan fingerprint density at radius 3 is 2.44 bits per heavy atom. The first kappa shape index (κ1) is 20.0. The van der Waals surface area contributed by atoms with Crippen molar-refractivity contribution in [2.24, 2.45) is 0 Å². The molecule has 0 aliphatic carbocycles. The SMILES string of the molecule is O=C(O)CCCCCNC(=O)/C(=C/c1ccco1)NC(=O)c1ccccc1. The fraction of sp³-hybridized carbons (Fsp3) is 0.250. The number of furan rings is 1. The van der Waals surface area contributed by atoms with Gasteiger partial charge in [0, 0.05) is 24.6 Å². The van der Waals surface area contributed by atoms with Gasteiger partial charge in [0.1, 0.15) is 11.5 Å². The van der Waals surface area contributed by atoms with Gasteiger partial charge in [-0.25, -0.2) is 0 Å². The van der Waals surface area contributed by atoms with E-state index in [0.29, 0.717) is 37.1 Å². The molecule has 0 fully saturated rings. The van der Waals surface area contributed by atoms with Crippen molar-refractivity contribution in [1.29, 1.82) is 0 Å². The number of carbonyl (C=O) groups excluding carboxylic acids is 2. The highest BCUT2D eigenvalue weighted by Gasteiger charge is 2.14. The molecule has 0 aliphatic heterocycles. The van der Waals surface area contributed by atoms with Crippen LogP contribution in [0.3, 0.4) is 0 Å². The summed E-state index contributed by atoms with van der Waals surface area (Å²) in [4.78, 5) is 35.3. The molecule has 1 heterocycles. The van der Waals surface area contributed by atoms with E-state index >= 15 is 0 Å². The zero-order chi connectivity index (χ0) is 19.5. The van der Waals surface area contributed by atoms with Crippen LogP contribution in [-0.4, -0.2) is 29.4 Å². The lowest BCUT2D eigenvalue weighted by molar-refractivity contribution is -0.137. The number of rotatable bonds is 10. The second-order valence-corrected chi connectivity index (χ2v) is 5.85. The minimum Gasteiger partial charge on any atom is -0.481 e. The van der Waals surface area contributed by atoms with Crippen LogP contribution in [0.5, 0.6) is 0 Å². The highest BCUT2D eigenvalue weighted by atomic mass is 16.4. The maximum atomic E-state index is 12.4. The normalized spacial score (nSPS) is 11.0. The Kier molecular flexibility index (Phi) is 7.84. The van der Waals surface area contributed by atoms with E-state index in [1.807, 2.05) is 0 Å². The quantitative estimate of drug-likeness (QED) is 0.440. The lowest BCUT2D eigenvalue weighted by atomic mass is 10.2. The number of nitrogens with one attached hydrogen (secondary N) is 2. The van der Waals surface area contributed by atoms with E-state index in [-0.39, 0.29) is 12.1 Å². The summed E-state index contributed by atoms with van der Waals surface area (Å²) >= 11 is 0. The number of amides is 2. The van der Waals surface area contributed by atoms with Crippen molar-refractivity contribution in [3.05, 3.63) is 65.7 Å². The third-order valence-electron chi connectivity index (χ3n) is 3.71. The third kappa shape index (κ3) is 7.19. The number of carboxylic acid groups (broad SMARTS) is 1. The first-order chi connectivity index (χ1) is 13.1. The number of carbonyl (C=O) groups is 3. The first-order valence-corrected chi connectivity index (χ1v) is 8.68. The average Bonchev–Trinajstić information content (AvgIpc) is 3.17. The largest absolute Gasteiger partial charge is 0.481 e. The van der Waals surface area contributed by atoms with Gasteiger partial charge in [-0.3, -0.25) is 14.4 Å². The molecule has 2 amide bonds. The van der Waals surface area contributed by atoms with Gasteiger partial charge < -0.3 is 20.2 Å². The molecule has 0 saturated carbocycles. The molecular formula is C20H22N2O5. The maximum Gasteiger partial charge on any atom is 0.303 e. The van der Waals surface area contributed by atoms with Crippen LogP contribution in [0.2, 0.25) is 0 Å². The molecule has 0 spiro atoms. The highest BCUT2D eigenvalue weighted by molar-refractivity contribution is 6.05. The summed E-state index contributed by atoms with van der Waals surface area (Å²) in [5.41, 5.74) is 0.508. The zero-order valence-corrected chi connectivity index (χ0v) is 14.8. The van der Waals surface area contributed by atoms with Crippen LogP contribution in [0.25, 0.3) is 6.08 Å². The monoisotopic (exact) mass is 370 g/mol. The smallest absolute Gasteiger partial charge is 0.303 e. The average molecular weight is 370 g/mol. The van der Waals surface area contributed by atoms with Gasteiger partial charge in [0.15, 0.2) is 0 Å². The molecule has 2 aromatic rings. The number of aliphatic carboxylic acids is 1. The van der Waals surface area contributed by atoms with Gasteiger partial charge >= 0.3 is 5.97 Å². The molecule has 0 atom stereocenters. The van der Waals surface area contributed by atoms with Gasteiger partial charge in [0.2, 0.25) is 0 Å². The minimum atomic E-state index is -0.827. The topological polar surface area (TPSA) is 109 Å². The van der Waals surface area contributed by atoms with Crippen LogP contribution in [0.15, 0.2) is 58.8 Å². The number of hydrogen-bond donors (Lipinski definition) is 3. The molecular weight excluding hydrogens is 348 g/mol. The van der Waals surface area contributed by atoms with E-state index in [2.05, 4.69) is 10.6 Å². The molecule has 7 heteroatoms. The van der Waals surface area contributed by atoms with Gasteiger partial charge in [-0.05, 0) is 37.1 Å². The standard InChI is InChI=1S/C20H22N2O5/c23-18(24)11-5-2-6-12-21-20(26)17(14-16-10-7-13-27-16)22-19(25)15-8-3-1-4-9-15/h1,3-4,7-10,13-14H,2,5-6,11-12H2,(H,21,26)(H,22,25)(H,23,24)/b17-14-. The molecule has 0 unspecified atom stereocenters. The molecule has 1 aromatic heterocycles. The van der Waals surface area contributed by atoms with E-state index in [1.165, 1.54) is 12.3 Å². The molecule has 3 N–H and O–H groups in total. The predicted molar refractivity (Wildman–Crippen MR) is 99.7 cm³/mol. The molecule has 1 aromatic carbocycles. The highest BCUT2D eigenvalue weighted by Crippen LogP contribution is 2.08. The molecule has 0 aliphatic rings. The van der Waals surface area contributed by atoms with E-state index < -0.39 is 17.8 Å². The molecule has 0 bridgehead atoms. The van der Waals surface area contributed by atoms with Gasteiger partial charge in [-0.2, -0.15) is 0 Å². The Morgan fingerprint density at radius 1 is 1.00 bits per heavy atom. The Hall–Kier alpha value is -3.35. The van der Waals surface area contributed by atoms with Gasteiger partial charge in [-0.1, -0.05) is 24.6 Å². The minimum absolute atomic E-state index is 0.0735. The van der Waals surface area contributed by atoms with Crippen LogP contribution in [0, 0.1) is 0 Å². The maximum absolute atomic E-state index is 12.4. The van der Waals surface area contributed by atoms with E-state index in [1.54, 1.807) is 42.5 Å². The number of carboxylic acids is 1. The number of benzene rings is 1. The van der Waals surface area contributed by atoms with Gasteiger partial charge in [-0.15, -0.1) is 0 Å². The fourth-order valence-electron chi connectivity index (χ4n) is 2.33. The van der Waals surface area contributed by atoms with Crippen LogP contribution in [0.4, 0.5) is 0 Å². The van der Waals surface area contributed by atoms with Crippen molar-refractivity contribution in [2.45, 2.75) is 25.7 Å². The number of unbranched alkanes of at least 4 members (excludes halogenated alkanes) is 2. The van der Waals surface area contributed by atoms with E-state index in [4.69, 9.17) is 9.52 Å². The van der Waals surface area contributed by atoms with Gasteiger partial charge in [0.05, 0.1) is 6.26 Å². The molecule has 0 saturated heterocycles. The second-order valence-electron chi connectivity index (χ2n) is 5.85. The molecule has 7 nitrogen and oxygen atoms in total. The summed E-state index contributed by atoms with van der Waals surface area (Å²) in [5.74, 6) is -1.22. The second kappa shape index (κ2) is 10.6. The molecule has 0 radical (unpaired) electrons. The van der Waals surface area contributed by atoms with Crippen molar-refractivity contribution in [3.8, 4) is 0 Å². The summed E-state index contributed by atoms with van der Waals surface area (Å²) in [5, 5.41) is 13.9. The van der Waals surface area contributed by atoms with Crippen LogP contribution in [-0.2, 0) is 9.59 Å². The lowest BCUT2D eigenvalue weighted by Crippen LogP contribution is -2.35. The summed E-state index contributed by atoms with van der Waals surface area (Å²) in [7, 11) is 0. The fourth-order valence-corrected chi connectivity index (χ4v) is 2.33. The van der Waals surface area contributed by atoms with Crippen molar-refractivity contribution < 1.29 is 23.9 Å². The number of hydrogen-bond acceptors (Lipinski definition) is 4. The summed E-state index contributed by atoms with van der Waals surface area (Å²) < 4.78 is 5.22. The first-order valence-electron chi connectivity index (χ1n) is 8.68. The van der Waals surface area contributed by atoms with Crippen LogP contribution >= 0.6 is 0 Å². The van der Waals surface area contributed by atoms with Gasteiger partial charge in [0.25, 0.3) is 11.8 Å². The molecule has 27 heavy (non-hydrogen) atoms. The summed E-state index contributed by atoms with van der Waals surface area (Å²) in [6, 6.07) is 11.9. The van der Waals surface area contributed by atoms with Crippen molar-refractivity contribution >= 4 is 23.9 Å². The Bertz CT molecular complexity index is 782. The van der Waals surface area contributed by atoms with Crippen molar-refractivity contribution in [2.75, 3.05) is 6.54 Å². The molecule has 2 rings (SSSR count). The lowest BCUT2D eigenvalue weighted by Gasteiger charge is -2.10. The Balaban J connectivity index is 1.95. The van der Waals surface area contributed by atoms with Crippen LogP contribution < -0.4 is 10.6 Å². The predicted octanol–water partition coefficient (Wildman–Crippen LogP) is 2.81. The zero-order valence-electron chi connectivity index (χ0n) is 14.8. The summed E-state index contributed by atoms with van der Waals surface area (Å²) in [6.45, 7) is 0.384. The third-order valence-corrected chi connectivity index (χ3v) is 3.71. The van der Waals surface area contributed by atoms with E-state index in [9.17, 15) is 14.4 Å². The van der Waals surface area contributed by atoms with E-state index in [0.717, 1.165) is 0 Å². The van der Waals surface area contributed by atoms with Crippen molar-refractivity contribution in [3.63, 3.8) is 0 Å². The summed E-state index contributed by atoms with van der Waals surface area (Å²) in [6.07, 6.45) is 4.96.